The summed E-state index contributed by atoms with van der Waals surface area (Å²) >= 11 is 0. The lowest BCUT2D eigenvalue weighted by Crippen LogP contribution is -2.46. The summed E-state index contributed by atoms with van der Waals surface area (Å²) in [6, 6.07) is 6.55. The molecule has 1 aliphatic heterocycles. The van der Waals surface area contributed by atoms with E-state index >= 15 is 0 Å². The Kier molecular flexibility index (Phi) is 5.82. The molecule has 1 heterocycles. The molecule has 0 bridgehead atoms. The zero-order valence-corrected chi connectivity index (χ0v) is 15.8. The first kappa shape index (κ1) is 18.4. The van der Waals surface area contributed by atoms with Crippen LogP contribution in [0.3, 0.4) is 0 Å². The molecule has 3 rings (SSSR count). The maximum absolute atomic E-state index is 9.06. The van der Waals surface area contributed by atoms with Crippen LogP contribution >= 0.6 is 0 Å². The molecule has 0 saturated carbocycles. The van der Waals surface area contributed by atoms with E-state index in [1.807, 2.05) is 0 Å². The molecule has 0 radical (unpaired) electrons. The van der Waals surface area contributed by atoms with Crippen LogP contribution in [0.5, 0.6) is 0 Å². The maximum Gasteiger partial charge on any atom is 0.0558 e. The monoisotopic (exact) mass is 343 g/mol. The number of nitrogens with zero attached hydrogens (tertiary/aromatic N) is 2. The Bertz CT molecular complexity index is 616. The zero-order chi connectivity index (χ0) is 17.9. The molecule has 25 heavy (non-hydrogen) atoms. The molecule has 0 aromatic heterocycles. The largest absolute Gasteiger partial charge is 0.398 e. The van der Waals surface area contributed by atoms with E-state index in [4.69, 9.17) is 10.8 Å². The Balaban J connectivity index is 1.65. The van der Waals surface area contributed by atoms with Crippen molar-refractivity contribution in [2.24, 2.45) is 5.41 Å². The smallest absolute Gasteiger partial charge is 0.0558 e. The van der Waals surface area contributed by atoms with E-state index in [0.717, 1.165) is 57.8 Å². The Hall–Kier alpha value is -1.36. The van der Waals surface area contributed by atoms with Gasteiger partial charge in [0, 0.05) is 50.5 Å². The quantitative estimate of drug-likeness (QED) is 0.807. The number of allylic oxidation sites excluding steroid dienone is 2. The van der Waals surface area contributed by atoms with Gasteiger partial charge in [-0.25, -0.2) is 0 Å². The van der Waals surface area contributed by atoms with E-state index in [1.54, 1.807) is 0 Å². The van der Waals surface area contributed by atoms with Crippen LogP contribution in [0.2, 0.25) is 0 Å². The van der Waals surface area contributed by atoms with E-state index in [9.17, 15) is 0 Å². The third-order valence-corrected chi connectivity index (χ3v) is 5.72. The van der Waals surface area contributed by atoms with Gasteiger partial charge in [-0.05, 0) is 47.9 Å². The van der Waals surface area contributed by atoms with Gasteiger partial charge in [0.15, 0.2) is 0 Å². The second-order valence-electron chi connectivity index (χ2n) is 8.36. The summed E-state index contributed by atoms with van der Waals surface area (Å²) in [4.78, 5) is 4.83. The van der Waals surface area contributed by atoms with Gasteiger partial charge in [-0.3, -0.25) is 9.80 Å². The van der Waals surface area contributed by atoms with Crippen molar-refractivity contribution in [1.29, 1.82) is 0 Å². The number of piperazine rings is 1. The molecule has 0 unspecified atom stereocenters. The summed E-state index contributed by atoms with van der Waals surface area (Å²) in [6.45, 7) is 10.9. The van der Waals surface area contributed by atoms with Crippen molar-refractivity contribution < 1.29 is 5.11 Å². The third-order valence-electron chi connectivity index (χ3n) is 5.72. The molecular formula is C21H33N3O. The van der Waals surface area contributed by atoms with Crippen LogP contribution in [0.25, 0.3) is 5.57 Å². The minimum absolute atomic E-state index is 0.257. The molecule has 138 valence electrons. The second kappa shape index (κ2) is 7.90. The first-order valence-corrected chi connectivity index (χ1v) is 9.60. The highest BCUT2D eigenvalue weighted by atomic mass is 16.3. The Morgan fingerprint density at radius 3 is 2.48 bits per heavy atom. The fourth-order valence-electron chi connectivity index (χ4n) is 3.87. The van der Waals surface area contributed by atoms with Crippen LogP contribution in [-0.2, 0) is 6.54 Å². The molecule has 1 aromatic rings. The summed E-state index contributed by atoms with van der Waals surface area (Å²) in [7, 11) is 0. The van der Waals surface area contributed by atoms with Crippen molar-refractivity contribution >= 4 is 11.3 Å². The lowest BCUT2D eigenvalue weighted by Gasteiger charge is -2.34. The van der Waals surface area contributed by atoms with Crippen molar-refractivity contribution in [2.75, 3.05) is 45.1 Å². The van der Waals surface area contributed by atoms with E-state index in [0.29, 0.717) is 5.41 Å². The predicted octanol–water partition coefficient (Wildman–Crippen LogP) is 2.97. The Morgan fingerprint density at radius 1 is 1.12 bits per heavy atom. The van der Waals surface area contributed by atoms with Crippen LogP contribution < -0.4 is 5.73 Å². The van der Waals surface area contributed by atoms with Gasteiger partial charge in [0.05, 0.1) is 6.61 Å². The zero-order valence-electron chi connectivity index (χ0n) is 15.8. The summed E-state index contributed by atoms with van der Waals surface area (Å²) in [5.74, 6) is 0. The van der Waals surface area contributed by atoms with Crippen LogP contribution in [0, 0.1) is 5.41 Å². The molecular weight excluding hydrogens is 310 g/mol. The Labute approximate surface area is 152 Å². The molecule has 4 nitrogen and oxygen atoms in total. The highest BCUT2D eigenvalue weighted by molar-refractivity contribution is 5.76. The van der Waals surface area contributed by atoms with Crippen molar-refractivity contribution in [3.8, 4) is 0 Å². The number of anilines is 1. The van der Waals surface area contributed by atoms with E-state index in [1.165, 1.54) is 23.1 Å². The number of rotatable bonds is 5. The maximum atomic E-state index is 9.06. The van der Waals surface area contributed by atoms with Crippen molar-refractivity contribution in [2.45, 2.75) is 39.7 Å². The summed E-state index contributed by atoms with van der Waals surface area (Å²) in [5.41, 5.74) is 11.6. The minimum Gasteiger partial charge on any atom is -0.398 e. The van der Waals surface area contributed by atoms with E-state index in [-0.39, 0.29) is 6.61 Å². The first-order valence-electron chi connectivity index (χ1n) is 9.60. The van der Waals surface area contributed by atoms with Gasteiger partial charge in [-0.2, -0.15) is 0 Å². The van der Waals surface area contributed by atoms with Gasteiger partial charge in [-0.15, -0.1) is 0 Å². The first-order chi connectivity index (χ1) is 12.0. The highest BCUT2D eigenvalue weighted by Gasteiger charge is 2.23. The van der Waals surface area contributed by atoms with Crippen LogP contribution in [0.15, 0.2) is 24.3 Å². The van der Waals surface area contributed by atoms with Gasteiger partial charge in [0.1, 0.15) is 0 Å². The number of nitrogens with two attached hydrogens (primary N) is 1. The second-order valence-corrected chi connectivity index (χ2v) is 8.36. The van der Waals surface area contributed by atoms with E-state index in [2.05, 4.69) is 47.9 Å². The number of benzene rings is 1. The fourth-order valence-corrected chi connectivity index (χ4v) is 3.87. The van der Waals surface area contributed by atoms with E-state index < -0.39 is 0 Å². The average molecular weight is 344 g/mol. The number of hydrogen-bond donors (Lipinski definition) is 2. The van der Waals surface area contributed by atoms with Gasteiger partial charge in [-0.1, -0.05) is 26.0 Å². The predicted molar refractivity (Wildman–Crippen MR) is 105 cm³/mol. The van der Waals surface area contributed by atoms with Crippen molar-refractivity contribution in [1.82, 2.24) is 9.80 Å². The van der Waals surface area contributed by atoms with Gasteiger partial charge < -0.3 is 10.8 Å². The summed E-state index contributed by atoms with van der Waals surface area (Å²) < 4.78 is 0. The standard InChI is InChI=1S/C21H33N3O/c1-21(2)7-5-18(6-8-21)19-15-17(3-4-20(19)22)16-24-11-9-23(10-12-24)13-14-25/h3-5,15,25H,6-14,16,22H2,1-2H3. The number of aliphatic hydroxyl groups excluding tert-OH is 1. The van der Waals surface area contributed by atoms with Crippen LogP contribution in [0.4, 0.5) is 5.69 Å². The normalized spacial score (nSPS) is 22.0. The van der Waals surface area contributed by atoms with Gasteiger partial charge >= 0.3 is 0 Å². The lowest BCUT2D eigenvalue weighted by atomic mass is 9.77. The topological polar surface area (TPSA) is 52.7 Å². The highest BCUT2D eigenvalue weighted by Crippen LogP contribution is 2.39. The molecule has 0 amide bonds. The molecule has 1 aromatic carbocycles. The SMILES string of the molecule is CC1(C)CC=C(c2cc(CN3CCN(CCO)CC3)ccc2N)CC1. The molecule has 2 aliphatic rings. The lowest BCUT2D eigenvalue weighted by molar-refractivity contribution is 0.108. The van der Waals surface area contributed by atoms with Gasteiger partial charge in [0.25, 0.3) is 0 Å². The van der Waals surface area contributed by atoms with Crippen LogP contribution in [0.1, 0.15) is 44.2 Å². The van der Waals surface area contributed by atoms with Gasteiger partial charge in [0.2, 0.25) is 0 Å². The number of hydrogen-bond acceptors (Lipinski definition) is 4. The number of aliphatic hydroxyl groups is 1. The molecule has 1 saturated heterocycles. The number of β-amino-alcohol motifs (C(OH)–C–C–N with tert-alkyl or cyclic N) is 1. The number of nitrogen functional groups attached to an aromatic ring is 1. The molecule has 3 N–H and O–H groups in total. The molecule has 0 atom stereocenters. The summed E-state index contributed by atoms with van der Waals surface area (Å²) in [5, 5.41) is 9.06. The van der Waals surface area contributed by atoms with Crippen LogP contribution in [-0.4, -0.2) is 54.2 Å². The van der Waals surface area contributed by atoms with Crippen molar-refractivity contribution in [3.63, 3.8) is 0 Å². The summed E-state index contributed by atoms with van der Waals surface area (Å²) in [6.07, 6.45) is 5.89. The average Bonchev–Trinajstić information content (AvgIpc) is 2.59. The van der Waals surface area contributed by atoms with Crippen molar-refractivity contribution in [3.05, 3.63) is 35.4 Å². The molecule has 0 spiro atoms. The molecule has 1 fully saturated rings. The Morgan fingerprint density at radius 2 is 1.84 bits per heavy atom. The minimum atomic E-state index is 0.257. The fraction of sp³-hybridized carbons (Fsp3) is 0.619. The third kappa shape index (κ3) is 4.84. The molecule has 4 heteroatoms. The molecule has 1 aliphatic carbocycles.